The van der Waals surface area contributed by atoms with Gasteiger partial charge >= 0.3 is 0 Å². The number of fused-ring (bicyclic) bond motifs is 1. The number of hydrogen-bond acceptors (Lipinski definition) is 3. The van der Waals surface area contributed by atoms with Crippen LogP contribution in [0.25, 0.3) is 10.1 Å². The zero-order valence-electron chi connectivity index (χ0n) is 9.94. The second kappa shape index (κ2) is 5.94. The van der Waals surface area contributed by atoms with Gasteiger partial charge in [0.25, 0.3) is 0 Å². The first-order valence-corrected chi connectivity index (χ1v) is 6.73. The van der Waals surface area contributed by atoms with E-state index in [1.165, 1.54) is 10.1 Å². The Labute approximate surface area is 105 Å². The van der Waals surface area contributed by atoms with Crippen molar-refractivity contribution in [2.75, 3.05) is 13.2 Å². The van der Waals surface area contributed by atoms with Crippen molar-refractivity contribution in [2.24, 2.45) is 0 Å². The Morgan fingerprint density at radius 2 is 2.18 bits per heavy atom. The lowest BCUT2D eigenvalue weighted by Crippen LogP contribution is -2.11. The van der Waals surface area contributed by atoms with Crippen LogP contribution in [-0.4, -0.2) is 19.0 Å². The van der Waals surface area contributed by atoms with Crippen LogP contribution in [0.5, 0.6) is 0 Å². The van der Waals surface area contributed by atoms with E-state index in [1.807, 2.05) is 19.1 Å². The van der Waals surface area contributed by atoms with Gasteiger partial charge in [-0.05, 0) is 28.8 Å². The Kier molecular flexibility index (Phi) is 4.29. The highest BCUT2D eigenvalue weighted by molar-refractivity contribution is 7.17. The Morgan fingerprint density at radius 3 is 3.00 bits per heavy atom. The molecule has 3 heteroatoms. The van der Waals surface area contributed by atoms with Crippen molar-refractivity contribution in [2.45, 2.75) is 19.8 Å². The monoisotopic (exact) mass is 248 g/mol. The molecule has 0 saturated carbocycles. The molecule has 90 valence electrons. The molecule has 0 saturated heterocycles. The zero-order chi connectivity index (χ0) is 12.1. The first kappa shape index (κ1) is 12.3. The van der Waals surface area contributed by atoms with Crippen molar-refractivity contribution in [1.82, 2.24) is 0 Å². The van der Waals surface area contributed by atoms with Crippen LogP contribution in [0.15, 0.2) is 29.6 Å². The normalized spacial score (nSPS) is 10.9. The number of ether oxygens (including phenoxy) is 1. The lowest BCUT2D eigenvalue weighted by molar-refractivity contribution is -0.122. The number of thiophene rings is 1. The first-order chi connectivity index (χ1) is 8.31. The molecule has 0 atom stereocenters. The molecule has 0 bridgehead atoms. The van der Waals surface area contributed by atoms with E-state index in [4.69, 9.17) is 4.74 Å². The van der Waals surface area contributed by atoms with E-state index in [0.717, 1.165) is 12.0 Å². The SMILES string of the molecule is CCCOCC(=O)Cc1csc2ccccc12. The van der Waals surface area contributed by atoms with Crippen LogP contribution in [0, 0.1) is 0 Å². The minimum Gasteiger partial charge on any atom is -0.374 e. The number of hydrogen-bond donors (Lipinski definition) is 0. The largest absolute Gasteiger partial charge is 0.374 e. The Bertz CT molecular complexity index is 502. The van der Waals surface area contributed by atoms with Crippen molar-refractivity contribution in [3.8, 4) is 0 Å². The molecule has 2 nitrogen and oxygen atoms in total. The van der Waals surface area contributed by atoms with Gasteiger partial charge in [-0.3, -0.25) is 4.79 Å². The van der Waals surface area contributed by atoms with Gasteiger partial charge in [-0.25, -0.2) is 0 Å². The minimum atomic E-state index is 0.155. The fraction of sp³-hybridized carbons (Fsp3) is 0.357. The average molecular weight is 248 g/mol. The van der Waals surface area contributed by atoms with Crippen LogP contribution in [0.4, 0.5) is 0 Å². The molecule has 0 radical (unpaired) electrons. The van der Waals surface area contributed by atoms with Gasteiger partial charge in [0.15, 0.2) is 5.78 Å². The highest BCUT2D eigenvalue weighted by Crippen LogP contribution is 2.25. The van der Waals surface area contributed by atoms with Crippen molar-refractivity contribution >= 4 is 27.2 Å². The molecule has 2 aromatic rings. The second-order valence-electron chi connectivity index (χ2n) is 4.03. The van der Waals surface area contributed by atoms with Crippen LogP contribution >= 0.6 is 11.3 Å². The summed E-state index contributed by atoms with van der Waals surface area (Å²) in [6.45, 7) is 2.94. The predicted molar refractivity (Wildman–Crippen MR) is 71.6 cm³/mol. The summed E-state index contributed by atoms with van der Waals surface area (Å²) in [4.78, 5) is 11.7. The molecule has 0 aliphatic heterocycles. The first-order valence-electron chi connectivity index (χ1n) is 5.86. The van der Waals surface area contributed by atoms with E-state index in [1.54, 1.807) is 11.3 Å². The fourth-order valence-electron chi connectivity index (χ4n) is 1.76. The third kappa shape index (κ3) is 3.14. The molecule has 0 N–H and O–H groups in total. The van der Waals surface area contributed by atoms with Crippen LogP contribution in [0.3, 0.4) is 0 Å². The molecule has 2 rings (SSSR count). The lowest BCUT2D eigenvalue weighted by Gasteiger charge is -2.01. The van der Waals surface area contributed by atoms with Crippen molar-refractivity contribution in [1.29, 1.82) is 0 Å². The topological polar surface area (TPSA) is 26.3 Å². The Hall–Kier alpha value is -1.19. The third-order valence-electron chi connectivity index (χ3n) is 2.56. The van der Waals surface area contributed by atoms with Gasteiger partial charge < -0.3 is 4.74 Å². The van der Waals surface area contributed by atoms with Crippen molar-refractivity contribution < 1.29 is 9.53 Å². The highest BCUT2D eigenvalue weighted by Gasteiger charge is 2.08. The number of carbonyl (C=O) groups is 1. The van der Waals surface area contributed by atoms with Crippen LogP contribution < -0.4 is 0 Å². The fourth-order valence-corrected chi connectivity index (χ4v) is 2.73. The summed E-state index contributed by atoms with van der Waals surface area (Å²) in [6.07, 6.45) is 1.43. The molecule has 0 amide bonds. The van der Waals surface area contributed by atoms with E-state index in [2.05, 4.69) is 17.5 Å². The van der Waals surface area contributed by atoms with Gasteiger partial charge in [0.05, 0.1) is 0 Å². The molecule has 1 heterocycles. The Morgan fingerprint density at radius 1 is 1.35 bits per heavy atom. The van der Waals surface area contributed by atoms with E-state index in [-0.39, 0.29) is 12.4 Å². The molecule has 1 aromatic carbocycles. The molecule has 0 fully saturated rings. The number of ketones is 1. The summed E-state index contributed by atoms with van der Waals surface area (Å²) >= 11 is 1.69. The summed E-state index contributed by atoms with van der Waals surface area (Å²) in [6, 6.07) is 8.19. The van der Waals surface area contributed by atoms with E-state index in [9.17, 15) is 4.79 Å². The van der Waals surface area contributed by atoms with Gasteiger partial charge in [0, 0.05) is 17.7 Å². The second-order valence-corrected chi connectivity index (χ2v) is 4.94. The highest BCUT2D eigenvalue weighted by atomic mass is 32.1. The van der Waals surface area contributed by atoms with Crippen LogP contribution in [0.1, 0.15) is 18.9 Å². The molecule has 0 unspecified atom stereocenters. The molecular formula is C14H16O2S. The van der Waals surface area contributed by atoms with Gasteiger partial charge in [-0.2, -0.15) is 0 Å². The Balaban J connectivity index is 2.01. The van der Waals surface area contributed by atoms with Crippen LogP contribution in [0.2, 0.25) is 0 Å². The average Bonchev–Trinajstić information content (AvgIpc) is 2.73. The summed E-state index contributed by atoms with van der Waals surface area (Å²) in [5.41, 5.74) is 1.12. The zero-order valence-corrected chi connectivity index (χ0v) is 10.8. The summed E-state index contributed by atoms with van der Waals surface area (Å²) in [5, 5.41) is 3.27. The van der Waals surface area contributed by atoms with Crippen molar-refractivity contribution in [3.05, 3.63) is 35.2 Å². The maximum absolute atomic E-state index is 11.7. The maximum Gasteiger partial charge on any atom is 0.162 e. The number of carbonyl (C=O) groups excluding carboxylic acids is 1. The number of Topliss-reactive ketones (excluding diaryl/α,β-unsaturated/α-hetero) is 1. The molecule has 0 aliphatic carbocycles. The standard InChI is InChI=1S/C14H16O2S/c1-2-7-16-9-12(15)8-11-10-17-14-6-4-3-5-13(11)14/h3-6,10H,2,7-9H2,1H3. The van der Waals surface area contributed by atoms with E-state index < -0.39 is 0 Å². The molecule has 0 spiro atoms. The number of benzene rings is 1. The molecule has 17 heavy (non-hydrogen) atoms. The van der Waals surface area contributed by atoms with E-state index in [0.29, 0.717) is 13.0 Å². The number of rotatable bonds is 6. The van der Waals surface area contributed by atoms with Gasteiger partial charge in [-0.1, -0.05) is 25.1 Å². The summed E-state index contributed by atoms with van der Waals surface area (Å²) in [5.74, 6) is 0.155. The molecule has 1 aromatic heterocycles. The summed E-state index contributed by atoms with van der Waals surface area (Å²) in [7, 11) is 0. The van der Waals surface area contributed by atoms with Gasteiger partial charge in [0.1, 0.15) is 6.61 Å². The minimum absolute atomic E-state index is 0.155. The quantitative estimate of drug-likeness (QED) is 0.732. The van der Waals surface area contributed by atoms with Gasteiger partial charge in [0.2, 0.25) is 0 Å². The van der Waals surface area contributed by atoms with Gasteiger partial charge in [-0.15, -0.1) is 11.3 Å². The smallest absolute Gasteiger partial charge is 0.162 e. The van der Waals surface area contributed by atoms with Crippen molar-refractivity contribution in [3.63, 3.8) is 0 Å². The predicted octanol–water partition coefficient (Wildman–Crippen LogP) is 3.44. The molecular weight excluding hydrogens is 232 g/mol. The lowest BCUT2D eigenvalue weighted by atomic mass is 10.1. The molecule has 0 aliphatic rings. The summed E-state index contributed by atoms with van der Waals surface area (Å²) < 4.78 is 6.50. The third-order valence-corrected chi connectivity index (χ3v) is 3.57. The van der Waals surface area contributed by atoms with E-state index >= 15 is 0 Å². The maximum atomic E-state index is 11.7. The van der Waals surface area contributed by atoms with Crippen LogP contribution in [-0.2, 0) is 16.0 Å².